The van der Waals surface area contributed by atoms with Gasteiger partial charge < -0.3 is 10.3 Å². The molecule has 0 radical (unpaired) electrons. The quantitative estimate of drug-likeness (QED) is 0.663. The first-order chi connectivity index (χ1) is 7.56. The van der Waals surface area contributed by atoms with Crippen molar-refractivity contribution in [3.8, 4) is 0 Å². The Kier molecular flexibility index (Phi) is 4.87. The maximum Gasteiger partial charge on any atom is 0.279 e. The van der Waals surface area contributed by atoms with Gasteiger partial charge >= 0.3 is 0 Å². The number of nitrogens with one attached hydrogen (secondary N) is 1. The molecule has 8 heteroatoms. The molecule has 0 fully saturated rings. The van der Waals surface area contributed by atoms with E-state index in [4.69, 9.17) is 5.73 Å². The van der Waals surface area contributed by atoms with E-state index >= 15 is 0 Å². The van der Waals surface area contributed by atoms with Crippen LogP contribution in [0.25, 0.3) is 0 Å². The van der Waals surface area contributed by atoms with E-state index in [2.05, 4.69) is 14.4 Å². The summed E-state index contributed by atoms with van der Waals surface area (Å²) in [7, 11) is -1.96. The summed E-state index contributed by atoms with van der Waals surface area (Å²) in [4.78, 5) is 0. The Morgan fingerprint density at radius 1 is 1.62 bits per heavy atom. The van der Waals surface area contributed by atoms with E-state index in [0.717, 1.165) is 0 Å². The Balaban J connectivity index is 2.45. The number of hydrogen-bond donors (Lipinski definition) is 2. The maximum atomic E-state index is 11.6. The third-order valence-electron chi connectivity index (χ3n) is 2.01. The Bertz CT molecular complexity index is 389. The second-order valence-corrected chi connectivity index (χ2v) is 5.14. The van der Waals surface area contributed by atoms with Crippen LogP contribution in [-0.4, -0.2) is 38.0 Å². The number of nitrogens with two attached hydrogens (primary N) is 1. The molecule has 0 aliphatic carbocycles. The minimum Gasteiger partial charge on any atom is -0.364 e. The molecule has 1 aromatic rings. The highest BCUT2D eigenvalue weighted by Gasteiger charge is 2.16. The van der Waals surface area contributed by atoms with E-state index in [9.17, 15) is 8.42 Å². The van der Waals surface area contributed by atoms with Crippen LogP contribution in [0.2, 0.25) is 0 Å². The van der Waals surface area contributed by atoms with Crippen LogP contribution in [0.4, 0.5) is 0 Å². The SMILES string of the molecule is CN(CCCN)S(=O)(=O)NCc1ccon1. The number of nitrogens with zero attached hydrogens (tertiary/aromatic N) is 2. The van der Waals surface area contributed by atoms with Crippen LogP contribution in [0.1, 0.15) is 12.1 Å². The lowest BCUT2D eigenvalue weighted by molar-refractivity contribution is 0.409. The monoisotopic (exact) mass is 248 g/mol. The van der Waals surface area contributed by atoms with E-state index < -0.39 is 10.2 Å². The van der Waals surface area contributed by atoms with Crippen molar-refractivity contribution in [1.82, 2.24) is 14.2 Å². The summed E-state index contributed by atoms with van der Waals surface area (Å²) < 4.78 is 31.5. The smallest absolute Gasteiger partial charge is 0.279 e. The molecule has 0 aromatic carbocycles. The molecule has 0 saturated carbocycles. The molecule has 0 atom stereocenters. The molecule has 1 heterocycles. The van der Waals surface area contributed by atoms with Gasteiger partial charge in [0.05, 0.1) is 12.2 Å². The molecule has 0 amide bonds. The molecule has 0 spiro atoms. The molecule has 1 aromatic heterocycles. The average molecular weight is 248 g/mol. The van der Waals surface area contributed by atoms with Crippen molar-refractivity contribution in [2.75, 3.05) is 20.1 Å². The highest BCUT2D eigenvalue weighted by atomic mass is 32.2. The Morgan fingerprint density at radius 2 is 2.38 bits per heavy atom. The van der Waals surface area contributed by atoms with Crippen molar-refractivity contribution in [3.63, 3.8) is 0 Å². The average Bonchev–Trinajstić information content (AvgIpc) is 2.76. The van der Waals surface area contributed by atoms with Crippen molar-refractivity contribution >= 4 is 10.2 Å². The molecule has 92 valence electrons. The zero-order valence-electron chi connectivity index (χ0n) is 9.09. The third kappa shape index (κ3) is 3.89. The van der Waals surface area contributed by atoms with E-state index in [0.29, 0.717) is 25.2 Å². The second kappa shape index (κ2) is 5.94. The van der Waals surface area contributed by atoms with Crippen LogP contribution < -0.4 is 10.5 Å². The Hall–Kier alpha value is -0.960. The maximum absolute atomic E-state index is 11.6. The van der Waals surface area contributed by atoms with Crippen LogP contribution in [0, 0.1) is 0 Å². The first-order valence-electron chi connectivity index (χ1n) is 4.86. The van der Waals surface area contributed by atoms with Crippen molar-refractivity contribution in [2.24, 2.45) is 5.73 Å². The predicted molar refractivity (Wildman–Crippen MR) is 58.6 cm³/mol. The van der Waals surface area contributed by atoms with Crippen molar-refractivity contribution in [1.29, 1.82) is 0 Å². The highest BCUT2D eigenvalue weighted by molar-refractivity contribution is 7.87. The van der Waals surface area contributed by atoms with Gasteiger partial charge in [-0.2, -0.15) is 17.4 Å². The lowest BCUT2D eigenvalue weighted by Crippen LogP contribution is -2.38. The fraction of sp³-hybridized carbons (Fsp3) is 0.625. The largest absolute Gasteiger partial charge is 0.364 e. The van der Waals surface area contributed by atoms with Gasteiger partial charge in [-0.05, 0) is 13.0 Å². The zero-order chi connectivity index (χ0) is 12.0. The van der Waals surface area contributed by atoms with Crippen molar-refractivity contribution in [3.05, 3.63) is 18.0 Å². The van der Waals surface area contributed by atoms with Crippen molar-refractivity contribution < 1.29 is 12.9 Å². The first kappa shape index (κ1) is 13.1. The minimum atomic E-state index is -3.46. The van der Waals surface area contributed by atoms with Crippen LogP contribution in [-0.2, 0) is 16.8 Å². The Morgan fingerprint density at radius 3 is 2.94 bits per heavy atom. The molecule has 0 aliphatic rings. The molecule has 0 unspecified atom stereocenters. The summed E-state index contributed by atoms with van der Waals surface area (Å²) in [6.07, 6.45) is 2.02. The van der Waals surface area contributed by atoms with E-state index in [-0.39, 0.29) is 6.54 Å². The van der Waals surface area contributed by atoms with Gasteiger partial charge in [0.1, 0.15) is 6.26 Å². The summed E-state index contributed by atoms with van der Waals surface area (Å²) in [6, 6.07) is 1.60. The highest BCUT2D eigenvalue weighted by Crippen LogP contribution is 1.99. The second-order valence-electron chi connectivity index (χ2n) is 3.28. The predicted octanol–water partition coefficient (Wildman–Crippen LogP) is -0.710. The van der Waals surface area contributed by atoms with Gasteiger partial charge in [-0.3, -0.25) is 0 Å². The summed E-state index contributed by atoms with van der Waals surface area (Å²) in [5.74, 6) is 0. The fourth-order valence-electron chi connectivity index (χ4n) is 1.04. The van der Waals surface area contributed by atoms with E-state index in [1.807, 2.05) is 0 Å². The summed E-state index contributed by atoms with van der Waals surface area (Å²) in [6.45, 7) is 0.972. The van der Waals surface area contributed by atoms with E-state index in [1.54, 1.807) is 6.07 Å². The van der Waals surface area contributed by atoms with Gasteiger partial charge in [0.2, 0.25) is 0 Å². The van der Waals surface area contributed by atoms with Gasteiger partial charge in [-0.25, -0.2) is 0 Å². The molecular formula is C8H16N4O3S. The topological polar surface area (TPSA) is 101 Å². The molecule has 3 N–H and O–H groups in total. The lowest BCUT2D eigenvalue weighted by atomic mass is 10.4. The molecule has 0 bridgehead atoms. The third-order valence-corrected chi connectivity index (χ3v) is 3.53. The number of hydrogen-bond acceptors (Lipinski definition) is 5. The fourth-order valence-corrected chi connectivity index (χ4v) is 1.96. The Labute approximate surface area is 94.8 Å². The zero-order valence-corrected chi connectivity index (χ0v) is 9.90. The molecule has 16 heavy (non-hydrogen) atoms. The molecular weight excluding hydrogens is 232 g/mol. The van der Waals surface area contributed by atoms with Crippen LogP contribution in [0.3, 0.4) is 0 Å². The standard InChI is InChI=1S/C8H16N4O3S/c1-12(5-2-4-9)16(13,14)10-7-8-3-6-15-11-8/h3,6,10H,2,4-5,7,9H2,1H3. The lowest BCUT2D eigenvalue weighted by Gasteiger charge is -2.16. The molecule has 1 rings (SSSR count). The summed E-state index contributed by atoms with van der Waals surface area (Å²) in [5, 5.41) is 3.60. The van der Waals surface area contributed by atoms with Crippen molar-refractivity contribution in [2.45, 2.75) is 13.0 Å². The number of aromatic nitrogens is 1. The van der Waals surface area contributed by atoms with Crippen LogP contribution in [0.5, 0.6) is 0 Å². The van der Waals surface area contributed by atoms with Gasteiger partial charge in [0.15, 0.2) is 0 Å². The van der Waals surface area contributed by atoms with Gasteiger partial charge in [0, 0.05) is 19.7 Å². The first-order valence-corrected chi connectivity index (χ1v) is 6.30. The van der Waals surface area contributed by atoms with Crippen LogP contribution >= 0.6 is 0 Å². The van der Waals surface area contributed by atoms with Gasteiger partial charge in [-0.1, -0.05) is 5.16 Å². The van der Waals surface area contributed by atoms with E-state index in [1.165, 1.54) is 17.6 Å². The molecule has 7 nitrogen and oxygen atoms in total. The summed E-state index contributed by atoms with van der Waals surface area (Å²) in [5.41, 5.74) is 5.84. The summed E-state index contributed by atoms with van der Waals surface area (Å²) >= 11 is 0. The van der Waals surface area contributed by atoms with Gasteiger partial charge in [-0.15, -0.1) is 0 Å². The molecule has 0 saturated heterocycles. The number of rotatable bonds is 7. The van der Waals surface area contributed by atoms with Crippen LogP contribution in [0.15, 0.2) is 16.9 Å². The molecule has 0 aliphatic heterocycles. The van der Waals surface area contributed by atoms with Gasteiger partial charge in [0.25, 0.3) is 10.2 Å². The minimum absolute atomic E-state index is 0.117. The normalized spacial score (nSPS) is 12.2.